The summed E-state index contributed by atoms with van der Waals surface area (Å²) in [5.41, 5.74) is 1.76. The van der Waals surface area contributed by atoms with Crippen LogP contribution in [0.4, 0.5) is 5.69 Å². The summed E-state index contributed by atoms with van der Waals surface area (Å²) in [6, 6.07) is 15.6. The summed E-state index contributed by atoms with van der Waals surface area (Å²) in [5, 5.41) is 9.64. The van der Waals surface area contributed by atoms with Gasteiger partial charge in [0, 0.05) is 37.4 Å². The van der Waals surface area contributed by atoms with Crippen molar-refractivity contribution in [3.63, 3.8) is 0 Å². The number of nitriles is 1. The van der Waals surface area contributed by atoms with Crippen molar-refractivity contribution in [3.05, 3.63) is 53.6 Å². The minimum atomic E-state index is -0.290. The van der Waals surface area contributed by atoms with E-state index in [1.165, 1.54) is 27.4 Å². The van der Waals surface area contributed by atoms with Gasteiger partial charge in [-0.2, -0.15) is 5.26 Å². The van der Waals surface area contributed by atoms with Crippen molar-refractivity contribution < 1.29 is 19.0 Å². The van der Waals surface area contributed by atoms with E-state index in [9.17, 15) is 10.1 Å². The van der Waals surface area contributed by atoms with Gasteiger partial charge in [0.1, 0.15) is 11.6 Å². The van der Waals surface area contributed by atoms with Gasteiger partial charge >= 0.3 is 0 Å². The molecule has 0 atom stereocenters. The van der Waals surface area contributed by atoms with Crippen LogP contribution in [0.15, 0.2) is 48.0 Å². The summed E-state index contributed by atoms with van der Waals surface area (Å²) in [5.74, 6) is 1.04. The molecule has 7 heteroatoms. The predicted molar refractivity (Wildman–Crippen MR) is 115 cm³/mol. The highest BCUT2D eigenvalue weighted by Gasteiger charge is 2.24. The van der Waals surface area contributed by atoms with Crippen LogP contribution in [0, 0.1) is 11.3 Å². The van der Waals surface area contributed by atoms with Crippen LogP contribution in [0.25, 0.3) is 6.08 Å². The molecule has 0 aliphatic carbocycles. The Morgan fingerprint density at radius 3 is 2.17 bits per heavy atom. The van der Waals surface area contributed by atoms with E-state index in [-0.39, 0.29) is 11.5 Å². The molecule has 1 saturated heterocycles. The minimum Gasteiger partial charge on any atom is -0.493 e. The molecule has 0 spiro atoms. The second-order valence-electron chi connectivity index (χ2n) is 6.71. The maximum Gasteiger partial charge on any atom is 0.264 e. The highest BCUT2D eigenvalue weighted by molar-refractivity contribution is 6.02. The minimum absolute atomic E-state index is 0.0497. The Kier molecular flexibility index (Phi) is 6.81. The number of rotatable bonds is 6. The third-order valence-electron chi connectivity index (χ3n) is 5.07. The van der Waals surface area contributed by atoms with Crippen LogP contribution in [-0.4, -0.2) is 58.3 Å². The lowest BCUT2D eigenvalue weighted by Crippen LogP contribution is -2.49. The topological polar surface area (TPSA) is 75.0 Å². The molecule has 0 bridgehead atoms. The van der Waals surface area contributed by atoms with Gasteiger partial charge in [0.05, 0.1) is 21.3 Å². The number of piperazine rings is 1. The molecule has 1 fully saturated rings. The van der Waals surface area contributed by atoms with Crippen LogP contribution in [0.3, 0.4) is 0 Å². The lowest BCUT2D eigenvalue weighted by Gasteiger charge is -2.36. The Morgan fingerprint density at radius 2 is 1.60 bits per heavy atom. The Labute approximate surface area is 176 Å². The second kappa shape index (κ2) is 9.70. The number of nitrogens with zero attached hydrogens (tertiary/aromatic N) is 3. The molecule has 1 aliphatic rings. The van der Waals surface area contributed by atoms with Crippen LogP contribution in [0.5, 0.6) is 17.2 Å². The number of hydrogen-bond donors (Lipinski definition) is 0. The van der Waals surface area contributed by atoms with E-state index in [1.807, 2.05) is 24.3 Å². The van der Waals surface area contributed by atoms with E-state index < -0.39 is 0 Å². The fourth-order valence-corrected chi connectivity index (χ4v) is 3.51. The molecule has 1 amide bonds. The zero-order chi connectivity index (χ0) is 21.5. The quantitative estimate of drug-likeness (QED) is 0.541. The number of amides is 1. The molecule has 0 unspecified atom stereocenters. The molecular formula is C23H25N3O4. The molecule has 1 heterocycles. The Hall–Kier alpha value is -3.66. The zero-order valence-electron chi connectivity index (χ0n) is 17.4. The normalized spacial score (nSPS) is 14.1. The molecular weight excluding hydrogens is 382 g/mol. The van der Waals surface area contributed by atoms with E-state index >= 15 is 0 Å². The Balaban J connectivity index is 1.79. The lowest BCUT2D eigenvalue weighted by atomic mass is 10.1. The third kappa shape index (κ3) is 4.33. The highest BCUT2D eigenvalue weighted by Crippen LogP contribution is 2.40. The molecule has 2 aromatic rings. The SMILES string of the molecule is COc1ccc(/C=C(/C#N)C(=O)N2CCN(c3ccccc3)CC2)c(OC)c1OC. The fraction of sp³-hybridized carbons (Fsp3) is 0.304. The van der Waals surface area contributed by atoms with Gasteiger partial charge in [-0.05, 0) is 30.3 Å². The number of benzene rings is 2. The molecule has 1 aliphatic heterocycles. The molecule has 0 N–H and O–H groups in total. The number of anilines is 1. The van der Waals surface area contributed by atoms with Crippen LogP contribution in [0.1, 0.15) is 5.56 Å². The Bertz CT molecular complexity index is 958. The van der Waals surface area contributed by atoms with E-state index in [0.29, 0.717) is 49.0 Å². The maximum absolute atomic E-state index is 13.0. The molecule has 2 aromatic carbocycles. The van der Waals surface area contributed by atoms with Gasteiger partial charge in [0.25, 0.3) is 5.91 Å². The molecule has 3 rings (SSSR count). The van der Waals surface area contributed by atoms with Crippen molar-refractivity contribution in [1.29, 1.82) is 5.26 Å². The van der Waals surface area contributed by atoms with Gasteiger partial charge in [-0.1, -0.05) is 18.2 Å². The van der Waals surface area contributed by atoms with Gasteiger partial charge in [0.15, 0.2) is 11.5 Å². The lowest BCUT2D eigenvalue weighted by molar-refractivity contribution is -0.126. The first-order valence-corrected chi connectivity index (χ1v) is 9.63. The summed E-state index contributed by atoms with van der Waals surface area (Å²) in [6.45, 7) is 2.54. The Morgan fingerprint density at radius 1 is 0.933 bits per heavy atom. The van der Waals surface area contributed by atoms with Crippen LogP contribution in [-0.2, 0) is 4.79 Å². The van der Waals surface area contributed by atoms with E-state index in [0.717, 1.165) is 5.69 Å². The van der Waals surface area contributed by atoms with Gasteiger partial charge in [-0.3, -0.25) is 4.79 Å². The number of ether oxygens (including phenoxy) is 3. The van der Waals surface area contributed by atoms with Gasteiger partial charge in [-0.25, -0.2) is 0 Å². The average molecular weight is 407 g/mol. The molecule has 0 aromatic heterocycles. The van der Waals surface area contributed by atoms with Crippen molar-refractivity contribution >= 4 is 17.7 Å². The number of carbonyl (C=O) groups is 1. The third-order valence-corrected chi connectivity index (χ3v) is 5.07. The summed E-state index contributed by atoms with van der Waals surface area (Å²) in [6.07, 6.45) is 1.53. The van der Waals surface area contributed by atoms with Crippen molar-refractivity contribution in [2.75, 3.05) is 52.4 Å². The van der Waals surface area contributed by atoms with Crippen molar-refractivity contribution in [2.45, 2.75) is 0 Å². The van der Waals surface area contributed by atoms with Crippen molar-refractivity contribution in [3.8, 4) is 23.3 Å². The smallest absolute Gasteiger partial charge is 0.264 e. The fourth-order valence-electron chi connectivity index (χ4n) is 3.51. The number of methoxy groups -OCH3 is 3. The van der Waals surface area contributed by atoms with Gasteiger partial charge in [-0.15, -0.1) is 0 Å². The first kappa shape index (κ1) is 21.1. The van der Waals surface area contributed by atoms with Crippen LogP contribution in [0.2, 0.25) is 0 Å². The first-order valence-electron chi connectivity index (χ1n) is 9.63. The summed E-state index contributed by atoms with van der Waals surface area (Å²) in [4.78, 5) is 16.9. The largest absolute Gasteiger partial charge is 0.493 e. The number of hydrogen-bond acceptors (Lipinski definition) is 6. The monoisotopic (exact) mass is 407 g/mol. The van der Waals surface area contributed by atoms with Crippen molar-refractivity contribution in [2.24, 2.45) is 0 Å². The second-order valence-corrected chi connectivity index (χ2v) is 6.71. The van der Waals surface area contributed by atoms with Gasteiger partial charge in [0.2, 0.25) is 5.75 Å². The summed E-state index contributed by atoms with van der Waals surface area (Å²) >= 11 is 0. The number of para-hydroxylation sites is 1. The average Bonchev–Trinajstić information content (AvgIpc) is 2.82. The van der Waals surface area contributed by atoms with Gasteiger partial charge < -0.3 is 24.0 Å². The zero-order valence-corrected chi connectivity index (χ0v) is 17.4. The van der Waals surface area contributed by atoms with E-state index in [2.05, 4.69) is 17.0 Å². The van der Waals surface area contributed by atoms with Crippen LogP contribution >= 0.6 is 0 Å². The standard InChI is InChI=1S/C23H25N3O4/c1-28-20-10-9-17(21(29-2)22(20)30-3)15-18(16-24)23(27)26-13-11-25(12-14-26)19-7-5-4-6-8-19/h4-10,15H,11-14H2,1-3H3/b18-15-. The molecule has 0 radical (unpaired) electrons. The van der Waals surface area contributed by atoms with E-state index in [4.69, 9.17) is 14.2 Å². The van der Waals surface area contributed by atoms with E-state index in [1.54, 1.807) is 17.0 Å². The highest BCUT2D eigenvalue weighted by atomic mass is 16.5. The molecule has 156 valence electrons. The van der Waals surface area contributed by atoms with Crippen LogP contribution < -0.4 is 19.1 Å². The first-order chi connectivity index (χ1) is 14.6. The molecule has 0 saturated carbocycles. The maximum atomic E-state index is 13.0. The molecule has 30 heavy (non-hydrogen) atoms. The summed E-state index contributed by atoms with van der Waals surface area (Å²) < 4.78 is 16.1. The predicted octanol–water partition coefficient (Wildman–Crippen LogP) is 2.97. The number of carbonyl (C=O) groups excluding carboxylic acids is 1. The summed E-state index contributed by atoms with van der Waals surface area (Å²) in [7, 11) is 4.55. The molecule has 7 nitrogen and oxygen atoms in total. The van der Waals surface area contributed by atoms with Crippen molar-refractivity contribution in [1.82, 2.24) is 4.90 Å².